The number of amides is 1. The SMILES string of the molecule is O=C(CCSCC(=O)c1ccc(-c2ccc(Cl)cc2)cc1)NO. The van der Waals surface area contributed by atoms with Gasteiger partial charge in [-0.05, 0) is 23.3 Å². The summed E-state index contributed by atoms with van der Waals surface area (Å²) in [5.74, 6) is 0.360. The van der Waals surface area contributed by atoms with E-state index in [-0.39, 0.29) is 12.2 Å². The first kappa shape index (κ1) is 17.5. The van der Waals surface area contributed by atoms with E-state index >= 15 is 0 Å². The highest BCUT2D eigenvalue weighted by Gasteiger charge is 2.07. The molecular weight excluding hydrogens is 334 g/mol. The number of ketones is 1. The van der Waals surface area contributed by atoms with E-state index in [1.165, 1.54) is 11.8 Å². The summed E-state index contributed by atoms with van der Waals surface area (Å²) in [6.45, 7) is 0. The smallest absolute Gasteiger partial charge is 0.244 e. The topological polar surface area (TPSA) is 66.4 Å². The largest absolute Gasteiger partial charge is 0.293 e. The van der Waals surface area contributed by atoms with Crippen molar-refractivity contribution >= 4 is 35.1 Å². The second kappa shape index (κ2) is 8.72. The zero-order valence-corrected chi connectivity index (χ0v) is 13.9. The monoisotopic (exact) mass is 349 g/mol. The van der Waals surface area contributed by atoms with Crippen molar-refractivity contribution in [3.63, 3.8) is 0 Å². The third kappa shape index (κ3) is 5.39. The Hall–Kier alpha value is -1.82. The van der Waals surface area contributed by atoms with Crippen molar-refractivity contribution in [2.24, 2.45) is 0 Å². The van der Waals surface area contributed by atoms with Crippen LogP contribution in [0.4, 0.5) is 0 Å². The number of Topliss-reactive ketones (excluding diaryl/α,β-unsaturated/α-hetero) is 1. The number of halogens is 1. The molecule has 2 aromatic carbocycles. The van der Waals surface area contributed by atoms with Crippen LogP contribution in [-0.4, -0.2) is 28.4 Å². The number of hydroxylamine groups is 1. The van der Waals surface area contributed by atoms with Gasteiger partial charge in [-0.1, -0.05) is 48.0 Å². The fraction of sp³-hybridized carbons (Fsp3) is 0.176. The first-order valence-corrected chi connectivity index (χ1v) is 8.53. The average molecular weight is 350 g/mol. The Morgan fingerprint density at radius 1 is 1.00 bits per heavy atom. The summed E-state index contributed by atoms with van der Waals surface area (Å²) in [7, 11) is 0. The Balaban J connectivity index is 1.90. The van der Waals surface area contributed by atoms with Gasteiger partial charge in [-0.15, -0.1) is 0 Å². The van der Waals surface area contributed by atoms with Gasteiger partial charge >= 0.3 is 0 Å². The molecule has 0 fully saturated rings. The first-order valence-electron chi connectivity index (χ1n) is 7.00. The van der Waals surface area contributed by atoms with Crippen LogP contribution in [0.5, 0.6) is 0 Å². The maximum Gasteiger partial charge on any atom is 0.244 e. The summed E-state index contributed by atoms with van der Waals surface area (Å²) in [5, 5.41) is 9.06. The predicted molar refractivity (Wildman–Crippen MR) is 93.1 cm³/mol. The molecule has 0 unspecified atom stereocenters. The molecule has 120 valence electrons. The van der Waals surface area contributed by atoms with Gasteiger partial charge in [0.05, 0.1) is 5.75 Å². The van der Waals surface area contributed by atoms with E-state index in [2.05, 4.69) is 0 Å². The Bertz CT molecular complexity index is 671. The van der Waals surface area contributed by atoms with Crippen molar-refractivity contribution < 1.29 is 14.8 Å². The van der Waals surface area contributed by atoms with E-state index in [9.17, 15) is 9.59 Å². The second-order valence-electron chi connectivity index (χ2n) is 4.84. The van der Waals surface area contributed by atoms with Crippen LogP contribution in [0.25, 0.3) is 11.1 Å². The maximum absolute atomic E-state index is 12.1. The number of carbonyl (C=O) groups is 2. The van der Waals surface area contributed by atoms with Crippen LogP contribution in [0, 0.1) is 0 Å². The molecule has 0 aromatic heterocycles. The molecule has 6 heteroatoms. The fourth-order valence-corrected chi connectivity index (χ4v) is 2.91. The van der Waals surface area contributed by atoms with E-state index < -0.39 is 5.91 Å². The molecule has 23 heavy (non-hydrogen) atoms. The van der Waals surface area contributed by atoms with Crippen LogP contribution < -0.4 is 5.48 Å². The Morgan fingerprint density at radius 2 is 1.57 bits per heavy atom. The molecule has 1 amide bonds. The summed E-state index contributed by atoms with van der Waals surface area (Å²) < 4.78 is 0. The molecule has 0 aliphatic heterocycles. The van der Waals surface area contributed by atoms with Gasteiger partial charge in [0.15, 0.2) is 5.78 Å². The van der Waals surface area contributed by atoms with Crippen LogP contribution in [-0.2, 0) is 4.79 Å². The van der Waals surface area contributed by atoms with E-state index in [0.717, 1.165) is 11.1 Å². The lowest BCUT2D eigenvalue weighted by Crippen LogP contribution is -2.19. The first-order chi connectivity index (χ1) is 11.1. The van der Waals surface area contributed by atoms with E-state index in [0.29, 0.717) is 22.1 Å². The molecule has 0 heterocycles. The van der Waals surface area contributed by atoms with Crippen molar-refractivity contribution in [2.75, 3.05) is 11.5 Å². The summed E-state index contributed by atoms with van der Waals surface area (Å²) in [5.41, 5.74) is 4.26. The highest BCUT2D eigenvalue weighted by molar-refractivity contribution is 8.00. The third-order valence-corrected chi connectivity index (χ3v) is 4.43. The molecule has 2 aromatic rings. The highest BCUT2D eigenvalue weighted by atomic mass is 35.5. The molecule has 0 aliphatic rings. The minimum absolute atomic E-state index is 0.0158. The standard InChI is InChI=1S/C17H16ClNO3S/c18-15-7-5-13(6-8-15)12-1-3-14(4-2-12)16(20)11-23-10-9-17(21)19-22/h1-8,22H,9-11H2,(H,19,21). The molecule has 0 saturated carbocycles. The summed E-state index contributed by atoms with van der Waals surface area (Å²) in [4.78, 5) is 22.9. The van der Waals surface area contributed by atoms with Crippen molar-refractivity contribution in [1.29, 1.82) is 0 Å². The molecule has 2 N–H and O–H groups in total. The lowest BCUT2D eigenvalue weighted by atomic mass is 10.0. The Labute approximate surface area is 143 Å². The molecule has 0 aliphatic carbocycles. The van der Waals surface area contributed by atoms with Crippen molar-refractivity contribution in [1.82, 2.24) is 5.48 Å². The van der Waals surface area contributed by atoms with Crippen LogP contribution in [0.1, 0.15) is 16.8 Å². The van der Waals surface area contributed by atoms with Crippen LogP contribution >= 0.6 is 23.4 Å². The number of thioether (sulfide) groups is 1. The molecule has 0 atom stereocenters. The van der Waals surface area contributed by atoms with E-state index in [1.807, 2.05) is 36.4 Å². The van der Waals surface area contributed by atoms with E-state index in [1.54, 1.807) is 17.6 Å². The molecule has 4 nitrogen and oxygen atoms in total. The van der Waals surface area contributed by atoms with Gasteiger partial charge in [-0.2, -0.15) is 11.8 Å². The second-order valence-corrected chi connectivity index (χ2v) is 6.39. The van der Waals surface area contributed by atoms with Crippen LogP contribution in [0.2, 0.25) is 5.02 Å². The van der Waals surface area contributed by atoms with Crippen LogP contribution in [0.3, 0.4) is 0 Å². The zero-order chi connectivity index (χ0) is 16.7. The minimum Gasteiger partial charge on any atom is -0.293 e. The van der Waals surface area contributed by atoms with Crippen molar-refractivity contribution in [2.45, 2.75) is 6.42 Å². The lowest BCUT2D eigenvalue weighted by Gasteiger charge is -2.05. The number of nitrogens with one attached hydrogen (secondary N) is 1. The summed E-state index contributed by atoms with van der Waals surface area (Å²) in [6.07, 6.45) is 0.184. The number of carbonyl (C=O) groups excluding carboxylic acids is 2. The number of hydrogen-bond donors (Lipinski definition) is 2. The molecular formula is C17H16ClNO3S. The van der Waals surface area contributed by atoms with Gasteiger partial charge in [0, 0.05) is 22.8 Å². The number of rotatable bonds is 7. The Kier molecular flexibility index (Phi) is 6.65. The average Bonchev–Trinajstić information content (AvgIpc) is 2.59. The molecule has 0 saturated heterocycles. The van der Waals surface area contributed by atoms with Gasteiger partial charge in [-0.25, -0.2) is 5.48 Å². The number of benzene rings is 2. The quantitative estimate of drug-likeness (QED) is 0.345. The van der Waals surface area contributed by atoms with Gasteiger partial charge in [0.2, 0.25) is 5.91 Å². The lowest BCUT2D eigenvalue weighted by molar-refractivity contribution is -0.128. The molecule has 0 spiro atoms. The van der Waals surface area contributed by atoms with Gasteiger partial charge < -0.3 is 0 Å². The summed E-state index contributed by atoms with van der Waals surface area (Å²) in [6, 6.07) is 14.9. The fourth-order valence-electron chi connectivity index (χ4n) is 1.96. The maximum atomic E-state index is 12.1. The molecule has 0 bridgehead atoms. The van der Waals surface area contributed by atoms with Crippen LogP contribution in [0.15, 0.2) is 48.5 Å². The van der Waals surface area contributed by atoms with Crippen molar-refractivity contribution in [3.8, 4) is 11.1 Å². The normalized spacial score (nSPS) is 10.3. The van der Waals surface area contributed by atoms with Crippen molar-refractivity contribution in [3.05, 3.63) is 59.1 Å². The minimum atomic E-state index is -0.447. The van der Waals surface area contributed by atoms with Gasteiger partial charge in [-0.3, -0.25) is 14.8 Å². The van der Waals surface area contributed by atoms with E-state index in [4.69, 9.17) is 16.8 Å². The predicted octanol–water partition coefficient (Wildman–Crippen LogP) is 3.82. The highest BCUT2D eigenvalue weighted by Crippen LogP contribution is 2.22. The Morgan fingerprint density at radius 3 is 2.13 bits per heavy atom. The molecule has 0 radical (unpaired) electrons. The van der Waals surface area contributed by atoms with Gasteiger partial charge in [0.25, 0.3) is 0 Å². The summed E-state index contributed by atoms with van der Waals surface area (Å²) >= 11 is 7.24. The molecule has 2 rings (SSSR count). The zero-order valence-electron chi connectivity index (χ0n) is 12.3. The number of hydrogen-bond acceptors (Lipinski definition) is 4. The van der Waals surface area contributed by atoms with Gasteiger partial charge in [0.1, 0.15) is 0 Å². The third-order valence-electron chi connectivity index (χ3n) is 3.22.